The number of carbonyl (C=O) groups is 1. The third-order valence-corrected chi connectivity index (χ3v) is 4.65. The van der Waals surface area contributed by atoms with Crippen molar-refractivity contribution in [1.82, 2.24) is 19.9 Å². The van der Waals surface area contributed by atoms with Crippen molar-refractivity contribution in [2.45, 2.75) is 13.5 Å². The standard InChI is InChI=1S/C19H19N7O2/c1-4-21-16-15-11(7-20)8-22-17(15)25-19(24-16)23-13-5-10-9-26(2)18(27)12(10)6-14(13)28-3/h5-6,8H,4,9H2,1-3H3,(H3,21,22,23,24,25). The summed E-state index contributed by atoms with van der Waals surface area (Å²) in [5.74, 6) is 1.43. The van der Waals surface area contributed by atoms with Crippen molar-refractivity contribution in [3.8, 4) is 11.8 Å². The molecule has 0 spiro atoms. The highest BCUT2D eigenvalue weighted by atomic mass is 16.5. The van der Waals surface area contributed by atoms with E-state index in [9.17, 15) is 10.1 Å². The maximum absolute atomic E-state index is 12.2. The predicted molar refractivity (Wildman–Crippen MR) is 105 cm³/mol. The number of ether oxygens (including phenoxy) is 1. The van der Waals surface area contributed by atoms with Crippen molar-refractivity contribution in [2.24, 2.45) is 0 Å². The summed E-state index contributed by atoms with van der Waals surface area (Å²) in [7, 11) is 3.31. The molecule has 0 aliphatic carbocycles. The highest BCUT2D eigenvalue weighted by Gasteiger charge is 2.26. The third kappa shape index (κ3) is 2.75. The van der Waals surface area contributed by atoms with Crippen LogP contribution in [0, 0.1) is 11.3 Å². The summed E-state index contributed by atoms with van der Waals surface area (Å²) in [5.41, 5.74) is 3.25. The number of aromatic amines is 1. The highest BCUT2D eigenvalue weighted by molar-refractivity contribution is 5.99. The number of amides is 1. The summed E-state index contributed by atoms with van der Waals surface area (Å²) in [6.45, 7) is 3.15. The van der Waals surface area contributed by atoms with Crippen LogP contribution in [-0.2, 0) is 6.54 Å². The van der Waals surface area contributed by atoms with Gasteiger partial charge in [0.1, 0.15) is 23.3 Å². The van der Waals surface area contributed by atoms with Crippen LogP contribution in [0.15, 0.2) is 18.3 Å². The molecule has 0 saturated heterocycles. The summed E-state index contributed by atoms with van der Waals surface area (Å²) < 4.78 is 5.46. The highest BCUT2D eigenvalue weighted by Crippen LogP contribution is 2.35. The van der Waals surface area contributed by atoms with Crippen molar-refractivity contribution in [2.75, 3.05) is 31.3 Å². The van der Waals surface area contributed by atoms with Gasteiger partial charge in [0, 0.05) is 31.9 Å². The molecule has 1 aliphatic rings. The minimum absolute atomic E-state index is 0.0256. The molecule has 9 nitrogen and oxygen atoms in total. The van der Waals surface area contributed by atoms with Gasteiger partial charge in [-0.2, -0.15) is 15.2 Å². The van der Waals surface area contributed by atoms with Gasteiger partial charge in [-0.3, -0.25) is 4.79 Å². The molecular formula is C19H19N7O2. The van der Waals surface area contributed by atoms with E-state index >= 15 is 0 Å². The zero-order valence-electron chi connectivity index (χ0n) is 15.8. The fourth-order valence-electron chi connectivity index (χ4n) is 3.35. The van der Waals surface area contributed by atoms with Gasteiger partial charge in [-0.05, 0) is 24.6 Å². The van der Waals surface area contributed by atoms with E-state index in [0.717, 1.165) is 5.56 Å². The number of benzene rings is 1. The second-order valence-corrected chi connectivity index (χ2v) is 6.46. The zero-order chi connectivity index (χ0) is 19.8. The Morgan fingerprint density at radius 3 is 2.93 bits per heavy atom. The lowest BCUT2D eigenvalue weighted by molar-refractivity contribution is 0.0816. The Morgan fingerprint density at radius 1 is 1.39 bits per heavy atom. The van der Waals surface area contributed by atoms with Crippen LogP contribution in [0.2, 0.25) is 0 Å². The van der Waals surface area contributed by atoms with Crippen LogP contribution in [0.1, 0.15) is 28.4 Å². The van der Waals surface area contributed by atoms with Crippen molar-refractivity contribution in [1.29, 1.82) is 5.26 Å². The van der Waals surface area contributed by atoms with Gasteiger partial charge in [0.25, 0.3) is 5.91 Å². The maximum Gasteiger partial charge on any atom is 0.254 e. The summed E-state index contributed by atoms with van der Waals surface area (Å²) in [6.07, 6.45) is 1.61. The second kappa shape index (κ2) is 6.74. The van der Waals surface area contributed by atoms with E-state index in [0.29, 0.717) is 58.5 Å². The lowest BCUT2D eigenvalue weighted by Gasteiger charge is -2.13. The first-order valence-electron chi connectivity index (χ1n) is 8.82. The number of nitriles is 1. The Morgan fingerprint density at radius 2 is 2.21 bits per heavy atom. The number of methoxy groups -OCH3 is 1. The summed E-state index contributed by atoms with van der Waals surface area (Å²) in [4.78, 5) is 25.9. The maximum atomic E-state index is 12.2. The number of nitrogens with one attached hydrogen (secondary N) is 3. The first-order valence-corrected chi connectivity index (χ1v) is 8.82. The average Bonchev–Trinajstić information content (AvgIpc) is 3.22. The van der Waals surface area contributed by atoms with E-state index in [1.807, 2.05) is 13.0 Å². The fourth-order valence-corrected chi connectivity index (χ4v) is 3.35. The van der Waals surface area contributed by atoms with Crippen LogP contribution in [0.25, 0.3) is 11.0 Å². The van der Waals surface area contributed by atoms with E-state index in [1.165, 1.54) is 0 Å². The van der Waals surface area contributed by atoms with E-state index in [2.05, 4.69) is 31.7 Å². The van der Waals surface area contributed by atoms with Gasteiger partial charge in [-0.1, -0.05) is 0 Å². The van der Waals surface area contributed by atoms with E-state index in [-0.39, 0.29) is 5.91 Å². The molecular weight excluding hydrogens is 358 g/mol. The summed E-state index contributed by atoms with van der Waals surface area (Å²) in [5, 5.41) is 16.3. The Balaban J connectivity index is 1.78. The molecule has 3 heterocycles. The molecule has 0 saturated carbocycles. The molecule has 0 bridgehead atoms. The summed E-state index contributed by atoms with van der Waals surface area (Å²) >= 11 is 0. The SMILES string of the molecule is CCNc1nc(Nc2cc3c(cc2OC)C(=O)N(C)C3)nc2[nH]cc(C#N)c12. The van der Waals surface area contributed by atoms with Crippen molar-refractivity contribution >= 4 is 34.4 Å². The number of hydrogen-bond donors (Lipinski definition) is 3. The normalized spacial score (nSPS) is 12.8. The fraction of sp³-hybridized carbons (Fsp3) is 0.263. The van der Waals surface area contributed by atoms with Gasteiger partial charge >= 0.3 is 0 Å². The van der Waals surface area contributed by atoms with Gasteiger partial charge in [-0.15, -0.1) is 0 Å². The molecule has 1 aromatic carbocycles. The van der Waals surface area contributed by atoms with Gasteiger partial charge in [0.2, 0.25) is 5.95 Å². The monoisotopic (exact) mass is 377 g/mol. The van der Waals surface area contributed by atoms with Gasteiger partial charge < -0.3 is 25.3 Å². The lowest BCUT2D eigenvalue weighted by Crippen LogP contribution is -2.17. The van der Waals surface area contributed by atoms with Crippen molar-refractivity contribution < 1.29 is 9.53 Å². The minimum atomic E-state index is -0.0256. The Labute approximate surface area is 161 Å². The number of fused-ring (bicyclic) bond motifs is 2. The molecule has 0 fully saturated rings. The molecule has 9 heteroatoms. The van der Waals surface area contributed by atoms with E-state index < -0.39 is 0 Å². The topological polar surface area (TPSA) is 119 Å². The summed E-state index contributed by atoms with van der Waals surface area (Å²) in [6, 6.07) is 5.76. The second-order valence-electron chi connectivity index (χ2n) is 6.46. The van der Waals surface area contributed by atoms with E-state index in [1.54, 1.807) is 31.3 Å². The predicted octanol–water partition coefficient (Wildman–Crippen LogP) is 2.60. The third-order valence-electron chi connectivity index (χ3n) is 4.65. The zero-order valence-corrected chi connectivity index (χ0v) is 15.8. The molecule has 1 aliphatic heterocycles. The number of aromatic nitrogens is 3. The van der Waals surface area contributed by atoms with Gasteiger partial charge in [-0.25, -0.2) is 0 Å². The number of rotatable bonds is 5. The molecule has 28 heavy (non-hydrogen) atoms. The van der Waals surface area contributed by atoms with E-state index in [4.69, 9.17) is 4.74 Å². The van der Waals surface area contributed by atoms with Crippen LogP contribution in [-0.4, -0.2) is 46.5 Å². The van der Waals surface area contributed by atoms with Crippen LogP contribution in [0.4, 0.5) is 17.5 Å². The Hall–Kier alpha value is -3.80. The molecule has 4 rings (SSSR count). The largest absolute Gasteiger partial charge is 0.495 e. The smallest absolute Gasteiger partial charge is 0.254 e. The van der Waals surface area contributed by atoms with Crippen LogP contribution in [0.5, 0.6) is 5.75 Å². The molecule has 2 aromatic heterocycles. The molecule has 0 unspecified atom stereocenters. The van der Waals surface area contributed by atoms with Crippen molar-refractivity contribution in [3.63, 3.8) is 0 Å². The van der Waals surface area contributed by atoms with Crippen LogP contribution < -0.4 is 15.4 Å². The number of hydrogen-bond acceptors (Lipinski definition) is 7. The van der Waals surface area contributed by atoms with Gasteiger partial charge in [0.05, 0.1) is 23.7 Å². The number of carbonyl (C=O) groups excluding carboxylic acids is 1. The number of H-pyrrole nitrogens is 1. The molecule has 3 aromatic rings. The van der Waals surface area contributed by atoms with Crippen LogP contribution in [0.3, 0.4) is 0 Å². The molecule has 3 N–H and O–H groups in total. The quantitative estimate of drug-likeness (QED) is 0.625. The van der Waals surface area contributed by atoms with Crippen molar-refractivity contribution in [3.05, 3.63) is 35.0 Å². The number of nitrogens with zero attached hydrogens (tertiary/aromatic N) is 4. The first kappa shape index (κ1) is 17.6. The first-order chi connectivity index (χ1) is 13.5. The molecule has 0 radical (unpaired) electrons. The lowest BCUT2D eigenvalue weighted by atomic mass is 10.1. The van der Waals surface area contributed by atoms with Crippen LogP contribution >= 0.6 is 0 Å². The minimum Gasteiger partial charge on any atom is -0.495 e. The molecule has 1 amide bonds. The molecule has 142 valence electrons. The Kier molecular flexibility index (Phi) is 4.24. The Bertz CT molecular complexity index is 1130. The number of anilines is 3. The molecule has 0 atom stereocenters. The van der Waals surface area contributed by atoms with Gasteiger partial charge in [0.15, 0.2) is 0 Å². The average molecular weight is 377 g/mol.